The van der Waals surface area contributed by atoms with Gasteiger partial charge in [-0.2, -0.15) is 0 Å². The van der Waals surface area contributed by atoms with Crippen LogP contribution in [-0.4, -0.2) is 36.0 Å². The van der Waals surface area contributed by atoms with Crippen molar-refractivity contribution < 1.29 is 19.1 Å². The van der Waals surface area contributed by atoms with E-state index in [1.54, 1.807) is 20.8 Å². The predicted octanol–water partition coefficient (Wildman–Crippen LogP) is 1.63. The van der Waals surface area contributed by atoms with Crippen LogP contribution in [0.1, 0.15) is 48.0 Å². The zero-order valence-electron chi connectivity index (χ0n) is 13.2. The van der Waals surface area contributed by atoms with E-state index in [2.05, 4.69) is 10.6 Å². The normalized spacial score (nSPS) is 12.8. The summed E-state index contributed by atoms with van der Waals surface area (Å²) in [6.45, 7) is 10.5. The van der Waals surface area contributed by atoms with E-state index in [-0.39, 0.29) is 24.2 Å². The Hall–Kier alpha value is -1.59. The highest BCUT2D eigenvalue weighted by Gasteiger charge is 2.25. The Balaban J connectivity index is 4.59. The van der Waals surface area contributed by atoms with E-state index < -0.39 is 17.7 Å². The predicted molar refractivity (Wildman–Crippen MR) is 76.3 cm³/mol. The summed E-state index contributed by atoms with van der Waals surface area (Å²) in [4.78, 5) is 34.5. The van der Waals surface area contributed by atoms with Crippen molar-refractivity contribution in [1.82, 2.24) is 10.6 Å². The summed E-state index contributed by atoms with van der Waals surface area (Å²) < 4.78 is 5.13. The number of rotatable bonds is 6. The van der Waals surface area contributed by atoms with Gasteiger partial charge in [-0.25, -0.2) is 4.79 Å². The van der Waals surface area contributed by atoms with Gasteiger partial charge < -0.3 is 15.4 Å². The highest BCUT2D eigenvalue weighted by atomic mass is 16.6. The average Bonchev–Trinajstić information content (AvgIpc) is 2.21. The van der Waals surface area contributed by atoms with Crippen LogP contribution in [-0.2, 0) is 14.3 Å². The molecule has 116 valence electrons. The number of carbonyl (C=O) groups excluding carboxylic acids is 3. The first-order valence-electron chi connectivity index (χ1n) is 6.78. The Morgan fingerprint density at radius 1 is 1.15 bits per heavy atom. The summed E-state index contributed by atoms with van der Waals surface area (Å²) in [6.07, 6.45) is -0.163. The largest absolute Gasteiger partial charge is 0.444 e. The van der Waals surface area contributed by atoms with Crippen LogP contribution in [0, 0.1) is 5.92 Å². The number of ether oxygens (including phenoxy) is 1. The molecule has 2 N–H and O–H groups in total. The molecule has 0 saturated heterocycles. The number of hydrogen-bond acceptors (Lipinski definition) is 4. The minimum absolute atomic E-state index is 0.0383. The van der Waals surface area contributed by atoms with E-state index in [0.717, 1.165) is 0 Å². The van der Waals surface area contributed by atoms with Crippen LogP contribution in [0.25, 0.3) is 0 Å². The van der Waals surface area contributed by atoms with Gasteiger partial charge in [-0.15, -0.1) is 0 Å². The molecule has 0 rings (SSSR count). The lowest BCUT2D eigenvalue weighted by atomic mass is 10.0. The van der Waals surface area contributed by atoms with E-state index in [9.17, 15) is 14.4 Å². The first-order valence-corrected chi connectivity index (χ1v) is 6.78. The van der Waals surface area contributed by atoms with Gasteiger partial charge >= 0.3 is 6.09 Å². The third-order valence-corrected chi connectivity index (χ3v) is 2.23. The van der Waals surface area contributed by atoms with Crippen molar-refractivity contribution in [2.45, 2.75) is 59.6 Å². The Kier molecular flexibility index (Phi) is 7.24. The van der Waals surface area contributed by atoms with E-state index in [0.29, 0.717) is 6.42 Å². The minimum atomic E-state index is -0.704. The van der Waals surface area contributed by atoms with Crippen molar-refractivity contribution in [2.75, 3.05) is 6.54 Å². The topological polar surface area (TPSA) is 84.5 Å². The smallest absolute Gasteiger partial charge is 0.408 e. The molecular weight excluding hydrogens is 260 g/mol. The van der Waals surface area contributed by atoms with E-state index in [1.165, 1.54) is 6.92 Å². The summed E-state index contributed by atoms with van der Waals surface area (Å²) in [5.41, 5.74) is -0.623. The molecule has 1 atom stereocenters. The van der Waals surface area contributed by atoms with Crippen LogP contribution in [0.2, 0.25) is 0 Å². The van der Waals surface area contributed by atoms with E-state index in [4.69, 9.17) is 4.74 Å². The first-order chi connectivity index (χ1) is 9.01. The first kappa shape index (κ1) is 18.4. The summed E-state index contributed by atoms with van der Waals surface area (Å²) in [5, 5.41) is 5.04. The summed E-state index contributed by atoms with van der Waals surface area (Å²) in [5.74, 6) is -0.295. The Morgan fingerprint density at radius 3 is 2.10 bits per heavy atom. The van der Waals surface area contributed by atoms with Gasteiger partial charge in [-0.3, -0.25) is 9.59 Å². The number of amides is 2. The molecule has 0 bridgehead atoms. The zero-order valence-corrected chi connectivity index (χ0v) is 13.2. The van der Waals surface area contributed by atoms with Crippen molar-refractivity contribution in [3.05, 3.63) is 0 Å². The Morgan fingerprint density at radius 2 is 1.70 bits per heavy atom. The van der Waals surface area contributed by atoms with E-state index in [1.807, 2.05) is 13.8 Å². The molecule has 2 amide bonds. The molecule has 0 unspecified atom stereocenters. The van der Waals surface area contributed by atoms with Crippen molar-refractivity contribution in [1.29, 1.82) is 0 Å². The Bertz CT molecular complexity index is 359. The van der Waals surface area contributed by atoms with Gasteiger partial charge in [0.05, 0.1) is 6.54 Å². The van der Waals surface area contributed by atoms with Gasteiger partial charge in [0.15, 0.2) is 0 Å². The molecule has 0 aliphatic heterocycles. The molecule has 6 nitrogen and oxygen atoms in total. The van der Waals surface area contributed by atoms with E-state index >= 15 is 0 Å². The number of nitrogens with one attached hydrogen (secondary N) is 2. The van der Waals surface area contributed by atoms with Crippen molar-refractivity contribution in [3.8, 4) is 0 Å². The lowest BCUT2D eigenvalue weighted by Gasteiger charge is -2.24. The van der Waals surface area contributed by atoms with Crippen LogP contribution >= 0.6 is 0 Å². The van der Waals surface area contributed by atoms with Gasteiger partial charge in [0.2, 0.25) is 5.91 Å². The molecule has 0 saturated carbocycles. The molecule has 0 aromatic heterocycles. The fourth-order valence-corrected chi connectivity index (χ4v) is 1.49. The monoisotopic (exact) mass is 286 g/mol. The minimum Gasteiger partial charge on any atom is -0.444 e. The Labute approximate surface area is 120 Å². The molecule has 0 aromatic carbocycles. The fraction of sp³-hybridized carbons (Fsp3) is 0.786. The molecule has 0 spiro atoms. The summed E-state index contributed by atoms with van der Waals surface area (Å²) in [7, 11) is 0. The van der Waals surface area contributed by atoms with Gasteiger partial charge in [0.1, 0.15) is 17.4 Å². The molecule has 0 heterocycles. The van der Waals surface area contributed by atoms with Crippen LogP contribution in [0.3, 0.4) is 0 Å². The van der Waals surface area contributed by atoms with Crippen molar-refractivity contribution >= 4 is 17.8 Å². The van der Waals surface area contributed by atoms with Gasteiger partial charge in [0.25, 0.3) is 0 Å². The third-order valence-electron chi connectivity index (χ3n) is 2.23. The highest BCUT2D eigenvalue weighted by Crippen LogP contribution is 2.09. The van der Waals surface area contributed by atoms with Gasteiger partial charge in [-0.1, -0.05) is 13.8 Å². The molecule has 20 heavy (non-hydrogen) atoms. The number of ketones is 1. The molecule has 0 fully saturated rings. The summed E-state index contributed by atoms with van der Waals surface area (Å²) >= 11 is 0. The number of Topliss-reactive ketones (excluding diaryl/α,β-unsaturated/α-hetero) is 1. The second kappa shape index (κ2) is 7.87. The van der Waals surface area contributed by atoms with Crippen molar-refractivity contribution in [2.24, 2.45) is 5.92 Å². The lowest BCUT2D eigenvalue weighted by molar-refractivity contribution is -0.126. The lowest BCUT2D eigenvalue weighted by Crippen LogP contribution is -2.49. The second-order valence-corrected chi connectivity index (χ2v) is 6.25. The molecule has 0 radical (unpaired) electrons. The third kappa shape index (κ3) is 9.35. The molecule has 0 aliphatic carbocycles. The molecule has 6 heteroatoms. The van der Waals surface area contributed by atoms with Gasteiger partial charge in [0, 0.05) is 0 Å². The molecule has 0 aromatic rings. The number of carbonyl (C=O) groups is 3. The van der Waals surface area contributed by atoms with Crippen molar-refractivity contribution in [3.63, 3.8) is 0 Å². The zero-order chi connectivity index (χ0) is 15.9. The average molecular weight is 286 g/mol. The number of hydrogen-bond donors (Lipinski definition) is 2. The fourth-order valence-electron chi connectivity index (χ4n) is 1.49. The maximum absolute atomic E-state index is 12.0. The summed E-state index contributed by atoms with van der Waals surface area (Å²) in [6, 6.07) is -0.704. The van der Waals surface area contributed by atoms with Gasteiger partial charge in [-0.05, 0) is 40.0 Å². The number of alkyl carbamates (subject to hydrolysis) is 1. The standard InChI is InChI=1S/C14H26N2O4/c1-9(2)7-11(12(18)15-8-10(3)17)16-13(19)20-14(4,5)6/h9,11H,7-8H2,1-6H3,(H,15,18)(H,16,19)/t11-/m0/s1. The van der Waals surface area contributed by atoms with Crippen LogP contribution < -0.4 is 10.6 Å². The maximum atomic E-state index is 12.0. The molecule has 0 aliphatic rings. The van der Waals surface area contributed by atoms with Crippen LogP contribution in [0.5, 0.6) is 0 Å². The second-order valence-electron chi connectivity index (χ2n) is 6.25. The quantitative estimate of drug-likeness (QED) is 0.777. The highest BCUT2D eigenvalue weighted by molar-refractivity contribution is 5.89. The van der Waals surface area contributed by atoms with Crippen LogP contribution in [0.15, 0.2) is 0 Å². The van der Waals surface area contributed by atoms with Crippen LogP contribution in [0.4, 0.5) is 4.79 Å². The maximum Gasteiger partial charge on any atom is 0.408 e. The SMILES string of the molecule is CC(=O)CNC(=O)[C@H](CC(C)C)NC(=O)OC(C)(C)C. The molecular formula is C14H26N2O4.